The van der Waals surface area contributed by atoms with Crippen molar-refractivity contribution < 1.29 is 18.0 Å². The molecule has 2 rings (SSSR count). The van der Waals surface area contributed by atoms with Crippen molar-refractivity contribution >= 4 is 11.5 Å². The fourth-order valence-corrected chi connectivity index (χ4v) is 2.30. The second-order valence-corrected chi connectivity index (χ2v) is 4.48. The number of rotatable bonds is 2. The molecule has 1 unspecified atom stereocenters. The molecule has 0 aromatic heterocycles. The number of hydrogen-bond donors (Lipinski definition) is 0. The third-order valence-corrected chi connectivity index (χ3v) is 3.19. The van der Waals surface area contributed by atoms with E-state index < -0.39 is 17.9 Å². The molecule has 0 saturated carbocycles. The Morgan fingerprint density at radius 1 is 1.22 bits per heavy atom. The third kappa shape index (κ3) is 2.83. The van der Waals surface area contributed by atoms with Gasteiger partial charge in [-0.3, -0.25) is 4.79 Å². The lowest BCUT2D eigenvalue weighted by Gasteiger charge is -2.33. The van der Waals surface area contributed by atoms with Crippen LogP contribution in [0.3, 0.4) is 0 Å². The molecule has 1 aromatic rings. The van der Waals surface area contributed by atoms with Crippen LogP contribution < -0.4 is 4.90 Å². The number of ketones is 1. The van der Waals surface area contributed by atoms with E-state index in [0.717, 1.165) is 5.69 Å². The number of nitrogens with zero attached hydrogens (tertiary/aromatic N) is 1. The van der Waals surface area contributed by atoms with Crippen LogP contribution in [0.2, 0.25) is 0 Å². The molecule has 5 heteroatoms. The van der Waals surface area contributed by atoms with Gasteiger partial charge in [0.1, 0.15) is 0 Å². The van der Waals surface area contributed by atoms with Crippen LogP contribution in [-0.2, 0) is 4.79 Å². The molecule has 1 aliphatic heterocycles. The standard InChI is InChI=1S/C13H14F3NO/c14-13(15,16)12(18)10-5-4-8-17(9-10)11-6-2-1-3-7-11/h1-3,6-7,10H,4-5,8-9H2. The molecule has 0 N–H and O–H groups in total. The van der Waals surface area contributed by atoms with Gasteiger partial charge in [0.05, 0.1) is 0 Å². The maximum atomic E-state index is 12.4. The Bertz CT molecular complexity index is 416. The number of alkyl halides is 3. The highest BCUT2D eigenvalue weighted by atomic mass is 19.4. The summed E-state index contributed by atoms with van der Waals surface area (Å²) < 4.78 is 37.2. The van der Waals surface area contributed by atoms with Crippen LogP contribution in [0, 0.1) is 5.92 Å². The number of carbonyl (C=O) groups is 1. The summed E-state index contributed by atoms with van der Waals surface area (Å²) in [5.74, 6) is -2.53. The Morgan fingerprint density at radius 3 is 2.50 bits per heavy atom. The van der Waals surface area contributed by atoms with E-state index in [-0.39, 0.29) is 6.54 Å². The largest absolute Gasteiger partial charge is 0.450 e. The van der Waals surface area contributed by atoms with Crippen LogP contribution >= 0.6 is 0 Å². The molecular weight excluding hydrogens is 243 g/mol. The molecule has 1 fully saturated rings. The maximum absolute atomic E-state index is 12.4. The second-order valence-electron chi connectivity index (χ2n) is 4.48. The summed E-state index contributed by atoms with van der Waals surface area (Å²) in [6, 6.07) is 9.22. The molecule has 0 amide bonds. The first-order chi connectivity index (χ1) is 8.48. The zero-order valence-corrected chi connectivity index (χ0v) is 9.78. The molecule has 1 aliphatic rings. The number of para-hydroxylation sites is 1. The molecule has 98 valence electrons. The highest BCUT2D eigenvalue weighted by Crippen LogP contribution is 2.29. The number of Topliss-reactive ketones (excluding diaryl/α,β-unsaturated/α-hetero) is 1. The van der Waals surface area contributed by atoms with Crippen LogP contribution in [0.25, 0.3) is 0 Å². The molecule has 0 spiro atoms. The maximum Gasteiger partial charge on any atom is 0.450 e. The normalized spacial score (nSPS) is 20.8. The fourth-order valence-electron chi connectivity index (χ4n) is 2.30. The van der Waals surface area contributed by atoms with Crippen molar-refractivity contribution in [2.75, 3.05) is 18.0 Å². The van der Waals surface area contributed by atoms with Gasteiger partial charge in [0, 0.05) is 24.7 Å². The summed E-state index contributed by atoms with van der Waals surface area (Å²) in [7, 11) is 0. The molecule has 1 aromatic carbocycles. The van der Waals surface area contributed by atoms with Gasteiger partial charge >= 0.3 is 6.18 Å². The van der Waals surface area contributed by atoms with Crippen LogP contribution in [0.15, 0.2) is 30.3 Å². The number of piperidine rings is 1. The minimum absolute atomic E-state index is 0.155. The van der Waals surface area contributed by atoms with Crippen molar-refractivity contribution in [3.05, 3.63) is 30.3 Å². The van der Waals surface area contributed by atoms with E-state index in [1.54, 1.807) is 0 Å². The van der Waals surface area contributed by atoms with E-state index in [4.69, 9.17) is 0 Å². The zero-order chi connectivity index (χ0) is 13.2. The van der Waals surface area contributed by atoms with Crippen molar-refractivity contribution in [2.45, 2.75) is 19.0 Å². The van der Waals surface area contributed by atoms with Crippen LogP contribution in [0.5, 0.6) is 0 Å². The molecule has 1 saturated heterocycles. The monoisotopic (exact) mass is 257 g/mol. The van der Waals surface area contributed by atoms with Crippen LogP contribution in [0.1, 0.15) is 12.8 Å². The Hall–Kier alpha value is -1.52. The summed E-state index contributed by atoms with van der Waals surface area (Å²) in [5.41, 5.74) is 0.872. The fraction of sp³-hybridized carbons (Fsp3) is 0.462. The SMILES string of the molecule is O=C(C1CCCN(c2ccccc2)C1)C(F)(F)F. The Morgan fingerprint density at radius 2 is 1.89 bits per heavy atom. The Kier molecular flexibility index (Phi) is 3.59. The van der Waals surface area contributed by atoms with Gasteiger partial charge in [-0.1, -0.05) is 18.2 Å². The summed E-state index contributed by atoms with van der Waals surface area (Å²) in [4.78, 5) is 13.1. The molecular formula is C13H14F3NO. The van der Waals surface area contributed by atoms with Crippen LogP contribution in [0.4, 0.5) is 18.9 Å². The predicted molar refractivity (Wildman–Crippen MR) is 62.4 cm³/mol. The topological polar surface area (TPSA) is 20.3 Å². The quantitative estimate of drug-likeness (QED) is 0.811. The number of halogens is 3. The first-order valence-electron chi connectivity index (χ1n) is 5.89. The molecule has 1 atom stereocenters. The van der Waals surface area contributed by atoms with E-state index in [1.165, 1.54) is 0 Å². The molecule has 0 aliphatic carbocycles. The summed E-state index contributed by atoms with van der Waals surface area (Å²) >= 11 is 0. The molecule has 0 bridgehead atoms. The van der Waals surface area contributed by atoms with Gasteiger partial charge in [0.15, 0.2) is 0 Å². The first kappa shape index (κ1) is 12.9. The van der Waals surface area contributed by atoms with Crippen molar-refractivity contribution in [1.29, 1.82) is 0 Å². The minimum atomic E-state index is -4.72. The number of hydrogen-bond acceptors (Lipinski definition) is 2. The van der Waals surface area contributed by atoms with Crippen LogP contribution in [-0.4, -0.2) is 25.0 Å². The average molecular weight is 257 g/mol. The lowest BCUT2D eigenvalue weighted by Crippen LogP contribution is -2.43. The van der Waals surface area contributed by atoms with Crippen molar-refractivity contribution in [3.8, 4) is 0 Å². The molecule has 0 radical (unpaired) electrons. The molecule has 18 heavy (non-hydrogen) atoms. The van der Waals surface area contributed by atoms with Gasteiger partial charge in [-0.15, -0.1) is 0 Å². The highest BCUT2D eigenvalue weighted by molar-refractivity contribution is 5.87. The lowest BCUT2D eigenvalue weighted by molar-refractivity contribution is -0.175. The van der Waals surface area contributed by atoms with Gasteiger partial charge in [-0.25, -0.2) is 0 Å². The molecule has 2 nitrogen and oxygen atoms in total. The Labute approximate surface area is 103 Å². The van der Waals surface area contributed by atoms with Crippen molar-refractivity contribution in [1.82, 2.24) is 0 Å². The van der Waals surface area contributed by atoms with Gasteiger partial charge in [-0.05, 0) is 25.0 Å². The first-order valence-corrected chi connectivity index (χ1v) is 5.89. The average Bonchev–Trinajstić information content (AvgIpc) is 2.38. The minimum Gasteiger partial charge on any atom is -0.371 e. The van der Waals surface area contributed by atoms with Crippen molar-refractivity contribution in [2.24, 2.45) is 5.92 Å². The van der Waals surface area contributed by atoms with Gasteiger partial charge in [0.2, 0.25) is 5.78 Å². The van der Waals surface area contributed by atoms with E-state index >= 15 is 0 Å². The highest BCUT2D eigenvalue weighted by Gasteiger charge is 2.44. The van der Waals surface area contributed by atoms with E-state index in [2.05, 4.69) is 0 Å². The van der Waals surface area contributed by atoms with E-state index in [9.17, 15) is 18.0 Å². The summed E-state index contributed by atoms with van der Waals surface area (Å²) in [5, 5.41) is 0. The van der Waals surface area contributed by atoms with E-state index in [0.29, 0.717) is 19.4 Å². The predicted octanol–water partition coefficient (Wildman–Crippen LogP) is 3.03. The lowest BCUT2D eigenvalue weighted by atomic mass is 9.93. The summed E-state index contributed by atoms with van der Waals surface area (Å²) in [6.45, 7) is 0.855. The smallest absolute Gasteiger partial charge is 0.371 e. The number of benzene rings is 1. The third-order valence-electron chi connectivity index (χ3n) is 3.19. The summed E-state index contributed by atoms with van der Waals surface area (Å²) in [6.07, 6.45) is -3.78. The number of carbonyl (C=O) groups excluding carboxylic acids is 1. The number of anilines is 1. The van der Waals surface area contributed by atoms with E-state index in [1.807, 2.05) is 35.2 Å². The second kappa shape index (κ2) is 5.00. The molecule has 1 heterocycles. The Balaban J connectivity index is 2.08. The van der Waals surface area contributed by atoms with Gasteiger partial charge in [-0.2, -0.15) is 13.2 Å². The van der Waals surface area contributed by atoms with Gasteiger partial charge < -0.3 is 4.90 Å². The van der Waals surface area contributed by atoms with Gasteiger partial charge in [0.25, 0.3) is 0 Å². The van der Waals surface area contributed by atoms with Crippen molar-refractivity contribution in [3.63, 3.8) is 0 Å². The zero-order valence-electron chi connectivity index (χ0n) is 9.78.